The van der Waals surface area contributed by atoms with Crippen molar-refractivity contribution in [3.8, 4) is 0 Å². The fourth-order valence-electron chi connectivity index (χ4n) is 1.46. The minimum atomic E-state index is -0.441. The van der Waals surface area contributed by atoms with Gasteiger partial charge in [0.15, 0.2) is 0 Å². The SMILES string of the molecule is CC(C)c1cc(F)cc(Br)c1CC(=O)Cl. The maximum absolute atomic E-state index is 13.2. The number of carbonyl (C=O) groups excluding carboxylic acids is 1. The number of benzene rings is 1. The average Bonchev–Trinajstić information content (AvgIpc) is 2.08. The first kappa shape index (κ1) is 12.7. The molecule has 0 amide bonds. The van der Waals surface area contributed by atoms with Crippen LogP contribution in [0.5, 0.6) is 0 Å². The summed E-state index contributed by atoms with van der Waals surface area (Å²) in [5, 5.41) is -0.441. The maximum atomic E-state index is 13.2. The Morgan fingerprint density at radius 3 is 2.60 bits per heavy atom. The second-order valence-electron chi connectivity index (χ2n) is 3.64. The van der Waals surface area contributed by atoms with Crippen molar-refractivity contribution in [2.45, 2.75) is 26.2 Å². The molecular weight excluding hydrogens is 282 g/mol. The molecule has 82 valence electrons. The minimum Gasteiger partial charge on any atom is -0.281 e. The zero-order valence-electron chi connectivity index (χ0n) is 8.48. The Morgan fingerprint density at radius 1 is 1.53 bits per heavy atom. The molecule has 1 nitrogen and oxygen atoms in total. The molecule has 0 aliphatic rings. The summed E-state index contributed by atoms with van der Waals surface area (Å²) < 4.78 is 13.8. The summed E-state index contributed by atoms with van der Waals surface area (Å²) >= 11 is 8.59. The minimum absolute atomic E-state index is 0.121. The standard InChI is InChI=1S/C11H11BrClFO/c1-6(2)8-3-7(14)4-10(12)9(8)5-11(13)15/h3-4,6H,5H2,1-2H3. The van der Waals surface area contributed by atoms with Crippen LogP contribution in [0, 0.1) is 5.82 Å². The first-order chi connectivity index (χ1) is 6.91. The van der Waals surface area contributed by atoms with Crippen molar-refractivity contribution in [1.82, 2.24) is 0 Å². The third kappa shape index (κ3) is 3.28. The highest BCUT2D eigenvalue weighted by Crippen LogP contribution is 2.28. The molecule has 0 aliphatic carbocycles. The molecule has 0 aromatic heterocycles. The molecular formula is C11H11BrClFO. The molecule has 0 spiro atoms. The van der Waals surface area contributed by atoms with Gasteiger partial charge in [0.2, 0.25) is 5.24 Å². The van der Waals surface area contributed by atoms with Gasteiger partial charge in [0.05, 0.1) is 0 Å². The third-order valence-corrected chi connectivity index (χ3v) is 2.97. The summed E-state index contributed by atoms with van der Waals surface area (Å²) in [5.41, 5.74) is 1.59. The highest BCUT2D eigenvalue weighted by molar-refractivity contribution is 9.10. The van der Waals surface area contributed by atoms with Crippen LogP contribution >= 0.6 is 27.5 Å². The summed E-state index contributed by atoms with van der Waals surface area (Å²) in [6, 6.07) is 2.80. The molecule has 0 fully saturated rings. The van der Waals surface area contributed by atoms with Crippen LogP contribution in [0.1, 0.15) is 30.9 Å². The molecule has 0 atom stereocenters. The monoisotopic (exact) mass is 292 g/mol. The summed E-state index contributed by atoms with van der Waals surface area (Å²) in [6.07, 6.45) is 0.121. The Kier molecular flexibility index (Phi) is 4.29. The van der Waals surface area contributed by atoms with Crippen molar-refractivity contribution in [2.24, 2.45) is 0 Å². The van der Waals surface area contributed by atoms with E-state index in [4.69, 9.17) is 11.6 Å². The van der Waals surface area contributed by atoms with Crippen LogP contribution in [0.25, 0.3) is 0 Å². The number of rotatable bonds is 3. The van der Waals surface area contributed by atoms with Crippen molar-refractivity contribution in [3.05, 3.63) is 33.5 Å². The van der Waals surface area contributed by atoms with Crippen LogP contribution in [0.2, 0.25) is 0 Å². The van der Waals surface area contributed by atoms with E-state index in [1.165, 1.54) is 12.1 Å². The number of hydrogen-bond acceptors (Lipinski definition) is 1. The van der Waals surface area contributed by atoms with Gasteiger partial charge in [-0.05, 0) is 40.8 Å². The molecule has 1 aromatic rings. The highest BCUT2D eigenvalue weighted by atomic mass is 79.9. The molecule has 1 aromatic carbocycles. The normalized spacial score (nSPS) is 10.8. The summed E-state index contributed by atoms with van der Waals surface area (Å²) in [6.45, 7) is 3.90. The van der Waals surface area contributed by atoms with Crippen LogP contribution in [-0.2, 0) is 11.2 Å². The van der Waals surface area contributed by atoms with Gasteiger partial charge in [-0.1, -0.05) is 29.8 Å². The fraction of sp³-hybridized carbons (Fsp3) is 0.364. The average molecular weight is 294 g/mol. The highest BCUT2D eigenvalue weighted by Gasteiger charge is 2.14. The van der Waals surface area contributed by atoms with Gasteiger partial charge >= 0.3 is 0 Å². The van der Waals surface area contributed by atoms with Crippen molar-refractivity contribution in [2.75, 3.05) is 0 Å². The predicted molar refractivity (Wildman–Crippen MR) is 62.8 cm³/mol. The fourth-order valence-corrected chi connectivity index (χ4v) is 2.19. The zero-order valence-corrected chi connectivity index (χ0v) is 10.8. The summed E-state index contributed by atoms with van der Waals surface area (Å²) in [5.74, 6) is -0.153. The van der Waals surface area contributed by atoms with Crippen LogP contribution in [-0.4, -0.2) is 5.24 Å². The van der Waals surface area contributed by atoms with E-state index in [1.54, 1.807) is 0 Å². The van der Waals surface area contributed by atoms with Crippen molar-refractivity contribution in [3.63, 3.8) is 0 Å². The van der Waals surface area contributed by atoms with Crippen molar-refractivity contribution >= 4 is 32.8 Å². The van der Waals surface area contributed by atoms with E-state index in [-0.39, 0.29) is 18.2 Å². The van der Waals surface area contributed by atoms with E-state index < -0.39 is 5.24 Å². The molecule has 0 bridgehead atoms. The molecule has 15 heavy (non-hydrogen) atoms. The van der Waals surface area contributed by atoms with Gasteiger partial charge in [0, 0.05) is 10.9 Å². The van der Waals surface area contributed by atoms with E-state index in [9.17, 15) is 9.18 Å². The van der Waals surface area contributed by atoms with Crippen LogP contribution < -0.4 is 0 Å². The van der Waals surface area contributed by atoms with Gasteiger partial charge in [-0.3, -0.25) is 4.79 Å². The zero-order chi connectivity index (χ0) is 11.6. The quantitative estimate of drug-likeness (QED) is 0.769. The van der Waals surface area contributed by atoms with E-state index >= 15 is 0 Å². The predicted octanol–water partition coefficient (Wildman–Crippen LogP) is 4.02. The molecule has 0 saturated heterocycles. The smallest absolute Gasteiger partial charge is 0.226 e. The Hall–Kier alpha value is -0.410. The Balaban J connectivity index is 3.26. The van der Waals surface area contributed by atoms with E-state index in [0.717, 1.165) is 11.1 Å². The summed E-state index contributed by atoms with van der Waals surface area (Å²) in [4.78, 5) is 10.9. The molecule has 0 saturated carbocycles. The molecule has 0 radical (unpaired) electrons. The van der Waals surface area contributed by atoms with Crippen molar-refractivity contribution in [1.29, 1.82) is 0 Å². The van der Waals surface area contributed by atoms with Gasteiger partial charge in [-0.15, -0.1) is 0 Å². The van der Waals surface area contributed by atoms with Crippen molar-refractivity contribution < 1.29 is 9.18 Å². The Bertz CT molecular complexity index is 390. The van der Waals surface area contributed by atoms with Crippen LogP contribution in [0.15, 0.2) is 16.6 Å². The molecule has 0 unspecified atom stereocenters. The number of hydrogen-bond donors (Lipinski definition) is 0. The van der Waals surface area contributed by atoms with Gasteiger partial charge in [0.25, 0.3) is 0 Å². The molecule has 4 heteroatoms. The first-order valence-electron chi connectivity index (χ1n) is 4.58. The Morgan fingerprint density at radius 2 is 2.13 bits per heavy atom. The van der Waals surface area contributed by atoms with Gasteiger partial charge < -0.3 is 0 Å². The van der Waals surface area contributed by atoms with Crippen LogP contribution in [0.4, 0.5) is 4.39 Å². The Labute approximate surface area is 102 Å². The van der Waals surface area contributed by atoms with E-state index in [2.05, 4.69) is 15.9 Å². The lowest BCUT2D eigenvalue weighted by atomic mass is 9.95. The van der Waals surface area contributed by atoms with Gasteiger partial charge in [-0.25, -0.2) is 4.39 Å². The molecule has 1 rings (SSSR count). The maximum Gasteiger partial charge on any atom is 0.226 e. The molecule has 0 aliphatic heterocycles. The largest absolute Gasteiger partial charge is 0.281 e. The summed E-state index contributed by atoms with van der Waals surface area (Å²) in [7, 11) is 0. The number of carbonyl (C=O) groups is 1. The first-order valence-corrected chi connectivity index (χ1v) is 5.75. The van der Waals surface area contributed by atoms with Gasteiger partial charge in [0.1, 0.15) is 5.82 Å². The molecule has 0 heterocycles. The number of halogens is 3. The van der Waals surface area contributed by atoms with E-state index in [0.29, 0.717) is 4.47 Å². The lowest BCUT2D eigenvalue weighted by molar-refractivity contribution is -0.111. The third-order valence-electron chi connectivity index (χ3n) is 2.13. The second kappa shape index (κ2) is 5.08. The second-order valence-corrected chi connectivity index (χ2v) is 4.92. The van der Waals surface area contributed by atoms with E-state index in [1.807, 2.05) is 13.8 Å². The van der Waals surface area contributed by atoms with Crippen LogP contribution in [0.3, 0.4) is 0 Å². The topological polar surface area (TPSA) is 17.1 Å². The lowest BCUT2D eigenvalue weighted by Gasteiger charge is -2.13. The lowest BCUT2D eigenvalue weighted by Crippen LogP contribution is -2.03. The van der Waals surface area contributed by atoms with Gasteiger partial charge in [-0.2, -0.15) is 0 Å². The molecule has 0 N–H and O–H groups in total.